The first-order valence-corrected chi connectivity index (χ1v) is 10.6. The van der Waals surface area contributed by atoms with E-state index in [1.165, 1.54) is 0 Å². The van der Waals surface area contributed by atoms with Crippen LogP contribution in [0.2, 0.25) is 0 Å². The van der Waals surface area contributed by atoms with Gasteiger partial charge in [-0.05, 0) is 63.0 Å². The molecule has 0 bridgehead atoms. The molecule has 1 saturated carbocycles. The Morgan fingerprint density at radius 2 is 2.07 bits per heavy atom. The van der Waals surface area contributed by atoms with Gasteiger partial charge in [0.1, 0.15) is 5.69 Å². The zero-order valence-corrected chi connectivity index (χ0v) is 17.0. The number of ether oxygens (including phenoxy) is 1. The number of carbonyl (C=O) groups is 1. The highest BCUT2D eigenvalue weighted by atomic mass is 16.5. The van der Waals surface area contributed by atoms with Gasteiger partial charge in [-0.3, -0.25) is 9.69 Å². The second-order valence-electron chi connectivity index (χ2n) is 8.47. The fourth-order valence-electron chi connectivity index (χ4n) is 5.17. The van der Waals surface area contributed by atoms with Crippen LogP contribution in [0.3, 0.4) is 0 Å². The maximum atomic E-state index is 12.9. The lowest BCUT2D eigenvalue weighted by atomic mass is 9.96. The molecule has 2 amide bonds. The molecule has 0 spiro atoms. The van der Waals surface area contributed by atoms with Crippen molar-refractivity contribution in [3.8, 4) is 0 Å². The van der Waals surface area contributed by atoms with Crippen LogP contribution in [0.15, 0.2) is 10.9 Å². The lowest BCUT2D eigenvalue weighted by Gasteiger charge is -2.35. The Kier molecular flexibility index (Phi) is 5.73. The number of hydrogen-bond donors (Lipinski definition) is 2. The number of carbonyl (C=O) groups excluding carboxylic acids is 1. The van der Waals surface area contributed by atoms with Crippen LogP contribution in [0.4, 0.5) is 10.5 Å². The number of likely N-dealkylation sites (N-methyl/N-ethyl adjacent to an activating group) is 1. The monoisotopic (exact) mass is 388 g/mol. The van der Waals surface area contributed by atoms with Crippen LogP contribution < -0.4 is 10.9 Å². The molecule has 4 rings (SSSR count). The second kappa shape index (κ2) is 8.25. The van der Waals surface area contributed by atoms with Crippen molar-refractivity contribution in [3.05, 3.63) is 27.7 Å². The number of nitrogens with one attached hydrogen (secondary N) is 2. The van der Waals surface area contributed by atoms with E-state index in [0.717, 1.165) is 75.7 Å². The normalized spacial score (nSPS) is 27.6. The van der Waals surface area contributed by atoms with E-state index in [1.54, 1.807) is 12.0 Å². The number of likely N-dealkylation sites (tertiary alicyclic amines) is 1. The number of H-pyrrole nitrogens is 1. The minimum absolute atomic E-state index is 0.173. The van der Waals surface area contributed by atoms with Gasteiger partial charge < -0.3 is 19.9 Å². The standard InChI is InChI=1S/C21H32N4O3/c1-24(18-8-5-9-19(18)25-11-10-15(13-25)28-2)21(27)23-17-12-14-6-3-4-7-16(14)22-20(17)26/h12,15,18-19H,3-11,13H2,1-2H3,(H,22,26)(H,23,27)/t15?,18-,19+/m0/s1. The Hall–Kier alpha value is -1.86. The van der Waals surface area contributed by atoms with Crippen LogP contribution in [-0.4, -0.2) is 66.2 Å². The Labute approximate surface area is 166 Å². The molecule has 7 nitrogen and oxygen atoms in total. The molecule has 3 atom stereocenters. The number of amides is 2. The summed E-state index contributed by atoms with van der Waals surface area (Å²) in [7, 11) is 3.63. The van der Waals surface area contributed by atoms with Gasteiger partial charge in [-0.25, -0.2) is 4.79 Å². The van der Waals surface area contributed by atoms with Crippen LogP contribution >= 0.6 is 0 Å². The van der Waals surface area contributed by atoms with Crippen molar-refractivity contribution in [2.24, 2.45) is 0 Å². The van der Waals surface area contributed by atoms with E-state index in [-0.39, 0.29) is 17.6 Å². The van der Waals surface area contributed by atoms with E-state index in [1.807, 2.05) is 13.1 Å². The smallest absolute Gasteiger partial charge is 0.322 e. The summed E-state index contributed by atoms with van der Waals surface area (Å²) in [6, 6.07) is 2.22. The number of aromatic amines is 1. The summed E-state index contributed by atoms with van der Waals surface area (Å²) in [5.74, 6) is 0. The molecule has 2 heterocycles. The highest BCUT2D eigenvalue weighted by Gasteiger charge is 2.39. The van der Waals surface area contributed by atoms with Gasteiger partial charge in [-0.15, -0.1) is 0 Å². The highest BCUT2D eigenvalue weighted by Crippen LogP contribution is 2.31. The maximum absolute atomic E-state index is 12.9. The number of nitrogens with zero attached hydrogens (tertiary/aromatic N) is 2. The molecule has 0 aromatic carbocycles. The number of pyridine rings is 1. The molecule has 28 heavy (non-hydrogen) atoms. The third-order valence-electron chi connectivity index (χ3n) is 6.82. The number of anilines is 1. The third kappa shape index (κ3) is 3.82. The maximum Gasteiger partial charge on any atom is 0.322 e. The lowest BCUT2D eigenvalue weighted by molar-refractivity contribution is 0.0907. The fraction of sp³-hybridized carbons (Fsp3) is 0.714. The van der Waals surface area contributed by atoms with Gasteiger partial charge in [0.05, 0.1) is 6.10 Å². The molecule has 2 N–H and O–H groups in total. The Balaban J connectivity index is 1.44. The molecule has 1 aliphatic heterocycles. The van der Waals surface area contributed by atoms with Crippen molar-refractivity contribution in [2.75, 3.05) is 32.6 Å². The first kappa shape index (κ1) is 19.5. The number of rotatable bonds is 4. The zero-order chi connectivity index (χ0) is 19.7. The summed E-state index contributed by atoms with van der Waals surface area (Å²) in [6.07, 6.45) is 8.72. The van der Waals surface area contributed by atoms with Gasteiger partial charge in [-0.1, -0.05) is 0 Å². The molecule has 1 aromatic rings. The lowest BCUT2D eigenvalue weighted by Crippen LogP contribution is -2.50. The topological polar surface area (TPSA) is 77.7 Å². The number of aromatic nitrogens is 1. The molecule has 1 saturated heterocycles. The summed E-state index contributed by atoms with van der Waals surface area (Å²) in [4.78, 5) is 32.6. The van der Waals surface area contributed by atoms with E-state index in [2.05, 4.69) is 15.2 Å². The van der Waals surface area contributed by atoms with Gasteiger partial charge in [0.25, 0.3) is 5.56 Å². The minimum Gasteiger partial charge on any atom is -0.380 e. The first-order chi connectivity index (χ1) is 13.6. The number of hydrogen-bond acceptors (Lipinski definition) is 4. The predicted molar refractivity (Wildman–Crippen MR) is 109 cm³/mol. The van der Waals surface area contributed by atoms with Gasteiger partial charge in [-0.2, -0.15) is 0 Å². The second-order valence-corrected chi connectivity index (χ2v) is 8.47. The molecule has 2 aliphatic carbocycles. The Morgan fingerprint density at radius 1 is 1.25 bits per heavy atom. The van der Waals surface area contributed by atoms with Crippen molar-refractivity contribution in [3.63, 3.8) is 0 Å². The largest absolute Gasteiger partial charge is 0.380 e. The predicted octanol–water partition coefficient (Wildman–Crippen LogP) is 2.36. The van der Waals surface area contributed by atoms with Gasteiger partial charge in [0.2, 0.25) is 0 Å². The molecule has 2 fully saturated rings. The van der Waals surface area contributed by atoms with E-state index in [4.69, 9.17) is 4.74 Å². The van der Waals surface area contributed by atoms with E-state index in [0.29, 0.717) is 17.8 Å². The molecule has 0 radical (unpaired) electrons. The molecule has 1 unspecified atom stereocenters. The van der Waals surface area contributed by atoms with E-state index < -0.39 is 0 Å². The van der Waals surface area contributed by atoms with Crippen molar-refractivity contribution < 1.29 is 9.53 Å². The van der Waals surface area contributed by atoms with Gasteiger partial charge >= 0.3 is 6.03 Å². The van der Waals surface area contributed by atoms with Gasteiger partial charge in [0, 0.05) is 45.0 Å². The van der Waals surface area contributed by atoms with Crippen LogP contribution in [0.5, 0.6) is 0 Å². The molecule has 3 aliphatic rings. The van der Waals surface area contributed by atoms with E-state index >= 15 is 0 Å². The average Bonchev–Trinajstić information content (AvgIpc) is 3.36. The van der Waals surface area contributed by atoms with Crippen LogP contribution in [0.25, 0.3) is 0 Å². The SMILES string of the molecule is COC1CCN([C@@H]2CCC[C@@H]2N(C)C(=O)Nc2cc3c([nH]c2=O)CCCC3)C1. The van der Waals surface area contributed by atoms with Crippen LogP contribution in [0.1, 0.15) is 49.8 Å². The fourth-order valence-corrected chi connectivity index (χ4v) is 5.17. The Bertz CT molecular complexity index is 777. The number of aryl methyl sites for hydroxylation is 2. The average molecular weight is 389 g/mol. The van der Waals surface area contributed by atoms with Crippen LogP contribution in [-0.2, 0) is 17.6 Å². The highest BCUT2D eigenvalue weighted by molar-refractivity contribution is 5.89. The molecule has 154 valence electrons. The van der Waals surface area contributed by atoms with Crippen molar-refractivity contribution >= 4 is 11.7 Å². The Morgan fingerprint density at radius 3 is 2.86 bits per heavy atom. The third-order valence-corrected chi connectivity index (χ3v) is 6.82. The summed E-state index contributed by atoms with van der Waals surface area (Å²) in [5.41, 5.74) is 2.35. The quantitative estimate of drug-likeness (QED) is 0.830. The number of urea groups is 1. The molecular formula is C21H32N4O3. The van der Waals surface area contributed by atoms with Gasteiger partial charge in [0.15, 0.2) is 0 Å². The van der Waals surface area contributed by atoms with E-state index in [9.17, 15) is 9.59 Å². The molecule has 7 heteroatoms. The summed E-state index contributed by atoms with van der Waals surface area (Å²) in [6.45, 7) is 1.97. The number of fused-ring (bicyclic) bond motifs is 1. The molecular weight excluding hydrogens is 356 g/mol. The number of methoxy groups -OCH3 is 1. The summed E-state index contributed by atoms with van der Waals surface area (Å²) >= 11 is 0. The van der Waals surface area contributed by atoms with Crippen LogP contribution in [0, 0.1) is 0 Å². The van der Waals surface area contributed by atoms with Crippen molar-refractivity contribution in [2.45, 2.75) is 69.6 Å². The van der Waals surface area contributed by atoms with Crippen molar-refractivity contribution in [1.29, 1.82) is 0 Å². The summed E-state index contributed by atoms with van der Waals surface area (Å²) < 4.78 is 5.51. The minimum atomic E-state index is -0.201. The first-order valence-electron chi connectivity index (χ1n) is 10.6. The molecule has 1 aromatic heterocycles. The zero-order valence-electron chi connectivity index (χ0n) is 17.0. The van der Waals surface area contributed by atoms with Crippen molar-refractivity contribution in [1.82, 2.24) is 14.8 Å². The summed E-state index contributed by atoms with van der Waals surface area (Å²) in [5, 5.41) is 2.87.